The number of carbonyl (C=O) groups is 2. The minimum atomic E-state index is -1.20. The van der Waals surface area contributed by atoms with Crippen molar-refractivity contribution in [2.75, 3.05) is 0 Å². The van der Waals surface area contributed by atoms with Crippen LogP contribution in [0.3, 0.4) is 0 Å². The Morgan fingerprint density at radius 3 is 2.13 bits per heavy atom. The fourth-order valence-electron chi connectivity index (χ4n) is 1.13. The maximum atomic E-state index is 10.6. The van der Waals surface area contributed by atoms with Gasteiger partial charge in [-0.15, -0.1) is 0 Å². The fraction of sp³-hybridized carbons (Fsp3) is 0.600. The molecule has 0 saturated carbocycles. The Morgan fingerprint density at radius 1 is 1.13 bits per heavy atom. The second-order valence-electron chi connectivity index (χ2n) is 3.12. The molecular formula is C10H17NaO4. The van der Waals surface area contributed by atoms with E-state index in [2.05, 4.69) is 6.92 Å². The van der Waals surface area contributed by atoms with Crippen LogP contribution in [0.25, 0.3) is 0 Å². The fourth-order valence-corrected chi connectivity index (χ4v) is 1.13. The van der Waals surface area contributed by atoms with Crippen molar-refractivity contribution in [1.82, 2.24) is 0 Å². The molecule has 0 spiro atoms. The van der Waals surface area contributed by atoms with Gasteiger partial charge in [-0.3, -0.25) is 0 Å². The first kappa shape index (κ1) is 17.1. The molecule has 0 aromatic heterocycles. The molecule has 0 atom stereocenters. The van der Waals surface area contributed by atoms with Crippen LogP contribution in [0.5, 0.6) is 0 Å². The number of rotatable bonds is 7. The SMILES string of the molecule is CCCCCCC(=CC(=O)O)C(=O)O.[NaH]. The van der Waals surface area contributed by atoms with E-state index in [0.29, 0.717) is 6.42 Å². The Hall–Kier alpha value is -0.320. The normalized spacial score (nSPS) is 10.6. The van der Waals surface area contributed by atoms with E-state index in [-0.39, 0.29) is 35.1 Å². The van der Waals surface area contributed by atoms with E-state index in [1.165, 1.54) is 0 Å². The summed E-state index contributed by atoms with van der Waals surface area (Å²) in [4.78, 5) is 20.8. The average molecular weight is 224 g/mol. The van der Waals surface area contributed by atoms with E-state index in [0.717, 1.165) is 31.8 Å². The van der Waals surface area contributed by atoms with Crippen molar-refractivity contribution in [3.63, 3.8) is 0 Å². The van der Waals surface area contributed by atoms with E-state index in [1.54, 1.807) is 0 Å². The second kappa shape index (κ2) is 10.2. The van der Waals surface area contributed by atoms with Crippen molar-refractivity contribution in [2.45, 2.75) is 39.0 Å². The molecule has 0 unspecified atom stereocenters. The van der Waals surface area contributed by atoms with Gasteiger partial charge >= 0.3 is 41.5 Å². The van der Waals surface area contributed by atoms with Crippen LogP contribution in [0.1, 0.15) is 39.0 Å². The first-order chi connectivity index (χ1) is 6.57. The van der Waals surface area contributed by atoms with Crippen LogP contribution in [0.2, 0.25) is 0 Å². The number of aliphatic carboxylic acids is 2. The van der Waals surface area contributed by atoms with Crippen LogP contribution in [0, 0.1) is 0 Å². The van der Waals surface area contributed by atoms with Crippen molar-refractivity contribution in [2.24, 2.45) is 0 Å². The third-order valence-electron chi connectivity index (χ3n) is 1.87. The summed E-state index contributed by atoms with van der Waals surface area (Å²) in [5, 5.41) is 17.0. The van der Waals surface area contributed by atoms with E-state index in [4.69, 9.17) is 10.2 Å². The molecule has 0 aromatic rings. The molecule has 0 bridgehead atoms. The zero-order chi connectivity index (χ0) is 11.0. The molecule has 0 fully saturated rings. The monoisotopic (exact) mass is 224 g/mol. The Morgan fingerprint density at radius 2 is 1.73 bits per heavy atom. The summed E-state index contributed by atoms with van der Waals surface area (Å²) in [7, 11) is 0. The molecule has 0 aliphatic rings. The van der Waals surface area contributed by atoms with E-state index >= 15 is 0 Å². The van der Waals surface area contributed by atoms with Crippen LogP contribution in [-0.2, 0) is 9.59 Å². The molecular weight excluding hydrogens is 207 g/mol. The second-order valence-corrected chi connectivity index (χ2v) is 3.12. The number of unbranched alkanes of at least 4 members (excludes halogenated alkanes) is 3. The first-order valence-corrected chi connectivity index (χ1v) is 4.74. The first-order valence-electron chi connectivity index (χ1n) is 4.74. The molecule has 82 valence electrons. The van der Waals surface area contributed by atoms with Crippen molar-refractivity contribution in [3.05, 3.63) is 11.6 Å². The summed E-state index contributed by atoms with van der Waals surface area (Å²) in [6, 6.07) is 0. The molecule has 15 heavy (non-hydrogen) atoms. The summed E-state index contributed by atoms with van der Waals surface area (Å²) < 4.78 is 0. The quantitative estimate of drug-likeness (QED) is 0.389. The molecule has 0 aliphatic carbocycles. The van der Waals surface area contributed by atoms with Crippen LogP contribution < -0.4 is 0 Å². The number of hydrogen-bond acceptors (Lipinski definition) is 2. The van der Waals surface area contributed by atoms with Gasteiger partial charge in [0, 0.05) is 11.6 Å². The predicted octanol–water partition coefficient (Wildman–Crippen LogP) is 1.40. The summed E-state index contributed by atoms with van der Waals surface area (Å²) in [6.45, 7) is 2.06. The van der Waals surface area contributed by atoms with Crippen molar-refractivity contribution in [1.29, 1.82) is 0 Å². The molecule has 0 saturated heterocycles. The van der Waals surface area contributed by atoms with Crippen LogP contribution in [0.15, 0.2) is 11.6 Å². The van der Waals surface area contributed by atoms with Gasteiger partial charge in [0.25, 0.3) is 0 Å². The molecule has 0 radical (unpaired) electrons. The van der Waals surface area contributed by atoms with Gasteiger partial charge in [0.2, 0.25) is 0 Å². The molecule has 4 nitrogen and oxygen atoms in total. The summed E-state index contributed by atoms with van der Waals surface area (Å²) >= 11 is 0. The van der Waals surface area contributed by atoms with Crippen molar-refractivity contribution >= 4 is 41.5 Å². The Labute approximate surface area is 112 Å². The van der Waals surface area contributed by atoms with Gasteiger partial charge < -0.3 is 10.2 Å². The van der Waals surface area contributed by atoms with Gasteiger partial charge in [0.05, 0.1) is 0 Å². The number of carboxylic acid groups (broad SMARTS) is 2. The van der Waals surface area contributed by atoms with Gasteiger partial charge in [-0.2, -0.15) is 0 Å². The molecule has 0 aliphatic heterocycles. The molecule has 0 rings (SSSR count). The molecule has 5 heteroatoms. The summed E-state index contributed by atoms with van der Waals surface area (Å²) in [5.74, 6) is -2.33. The third-order valence-corrected chi connectivity index (χ3v) is 1.87. The molecule has 0 amide bonds. The predicted molar refractivity (Wildman–Crippen MR) is 59.3 cm³/mol. The van der Waals surface area contributed by atoms with Crippen LogP contribution in [-0.4, -0.2) is 51.7 Å². The van der Waals surface area contributed by atoms with Crippen molar-refractivity contribution in [3.8, 4) is 0 Å². The van der Waals surface area contributed by atoms with E-state index in [9.17, 15) is 9.59 Å². The van der Waals surface area contributed by atoms with Gasteiger partial charge in [0.1, 0.15) is 0 Å². The summed E-state index contributed by atoms with van der Waals surface area (Å²) in [6.07, 6.45) is 4.92. The number of carboxylic acids is 2. The zero-order valence-corrected chi connectivity index (χ0v) is 8.32. The molecule has 0 aromatic carbocycles. The summed E-state index contributed by atoms with van der Waals surface area (Å²) in [5.41, 5.74) is -0.0198. The minimum absolute atomic E-state index is 0. The van der Waals surface area contributed by atoms with Gasteiger partial charge in [-0.1, -0.05) is 26.2 Å². The van der Waals surface area contributed by atoms with E-state index in [1.807, 2.05) is 0 Å². The van der Waals surface area contributed by atoms with Crippen molar-refractivity contribution < 1.29 is 19.8 Å². The third kappa shape index (κ3) is 9.97. The van der Waals surface area contributed by atoms with E-state index < -0.39 is 11.9 Å². The van der Waals surface area contributed by atoms with Gasteiger partial charge in [0.15, 0.2) is 0 Å². The van der Waals surface area contributed by atoms with Crippen LogP contribution >= 0.6 is 0 Å². The topological polar surface area (TPSA) is 74.6 Å². The standard InChI is InChI=1S/C10H16O4.Na.H/c1-2-3-4-5-6-8(10(13)14)7-9(11)12;;/h7H,2-6H2,1H3,(H,11,12)(H,13,14);;. The Balaban J connectivity index is 0. The Kier molecular flexibility index (Phi) is 11.6. The molecule has 0 heterocycles. The van der Waals surface area contributed by atoms with Crippen LogP contribution in [0.4, 0.5) is 0 Å². The molecule has 2 N–H and O–H groups in total. The maximum absolute atomic E-state index is 10.6. The zero-order valence-electron chi connectivity index (χ0n) is 8.32. The average Bonchev–Trinajstić information content (AvgIpc) is 2.09. The van der Waals surface area contributed by atoms with Gasteiger partial charge in [-0.25, -0.2) is 9.59 Å². The number of hydrogen-bond donors (Lipinski definition) is 2. The Bertz CT molecular complexity index is 236. The van der Waals surface area contributed by atoms with Gasteiger partial charge in [-0.05, 0) is 12.8 Å².